The number of nitrogens with one attached hydrogen (secondary N) is 1. The van der Waals surface area contributed by atoms with Crippen LogP contribution in [0.3, 0.4) is 0 Å². The van der Waals surface area contributed by atoms with E-state index in [0.717, 1.165) is 0 Å². The number of alkyl halides is 3. The summed E-state index contributed by atoms with van der Waals surface area (Å²) in [6.45, 7) is -1.15. The van der Waals surface area contributed by atoms with Gasteiger partial charge in [0.05, 0.1) is 6.54 Å². The Balaban J connectivity index is 3.17. The van der Waals surface area contributed by atoms with E-state index in [1.54, 1.807) is 0 Å². The average molecular weight is 189 g/mol. The lowest BCUT2D eigenvalue weighted by molar-refractivity contribution is -0.485. The smallest absolute Gasteiger partial charge is 0.480 e. The molecule has 0 aromatic heterocycles. The minimum absolute atomic E-state index is 0.499. The van der Waals surface area contributed by atoms with Gasteiger partial charge in [0.15, 0.2) is 0 Å². The first-order chi connectivity index (χ1) is 5.42. The van der Waals surface area contributed by atoms with Crippen LogP contribution in [-0.2, 0) is 14.6 Å². The monoisotopic (exact) mass is 189 g/mol. The van der Waals surface area contributed by atoms with Gasteiger partial charge in [0.25, 0.3) is 0 Å². The van der Waals surface area contributed by atoms with E-state index in [4.69, 9.17) is 5.11 Å². The fraction of sp³-hybridized carbons (Fsp3) is 0.750. The van der Waals surface area contributed by atoms with Crippen molar-refractivity contribution in [2.24, 2.45) is 0 Å². The van der Waals surface area contributed by atoms with Crippen molar-refractivity contribution in [2.75, 3.05) is 13.3 Å². The predicted octanol–water partition coefficient (Wildman–Crippen LogP) is 0.0861. The molecule has 12 heavy (non-hydrogen) atoms. The van der Waals surface area contributed by atoms with Crippen molar-refractivity contribution in [3.8, 4) is 0 Å². The molecule has 0 aliphatic heterocycles. The van der Waals surface area contributed by atoms with Gasteiger partial charge in [-0.05, 0) is 0 Å². The van der Waals surface area contributed by atoms with Gasteiger partial charge < -0.3 is 5.11 Å². The van der Waals surface area contributed by atoms with E-state index in [-0.39, 0.29) is 0 Å². The normalized spacial score (nSPS) is 11.6. The van der Waals surface area contributed by atoms with Crippen molar-refractivity contribution in [1.82, 2.24) is 5.32 Å². The highest BCUT2D eigenvalue weighted by Gasteiger charge is 2.30. The Kier molecular flexibility index (Phi) is 4.55. The number of hydrogen-bond donors (Lipinski definition) is 2. The molecule has 0 bridgehead atoms. The second kappa shape index (κ2) is 4.91. The van der Waals surface area contributed by atoms with E-state index in [0.29, 0.717) is 0 Å². The third-order valence-electron chi connectivity index (χ3n) is 0.591. The lowest BCUT2D eigenvalue weighted by atomic mass is 10.7. The summed E-state index contributed by atoms with van der Waals surface area (Å²) in [5.74, 6) is -1.20. The molecule has 0 aliphatic rings. The minimum atomic E-state index is -4.87. The Morgan fingerprint density at radius 1 is 1.50 bits per heavy atom. The third kappa shape index (κ3) is 9.14. The summed E-state index contributed by atoms with van der Waals surface area (Å²) in [6.07, 6.45) is -4.87. The van der Waals surface area contributed by atoms with Crippen LogP contribution in [-0.4, -0.2) is 30.7 Å². The Labute approximate surface area is 65.0 Å². The number of carbonyl (C=O) groups is 1. The van der Waals surface area contributed by atoms with Gasteiger partial charge in [0.1, 0.15) is 6.73 Å². The lowest BCUT2D eigenvalue weighted by Crippen LogP contribution is -2.27. The fourth-order valence-corrected chi connectivity index (χ4v) is 0.296. The molecule has 0 aromatic rings. The van der Waals surface area contributed by atoms with Crippen LogP contribution >= 0.6 is 0 Å². The van der Waals surface area contributed by atoms with Crippen molar-refractivity contribution in [3.05, 3.63) is 0 Å². The molecule has 0 spiro atoms. The largest absolute Gasteiger partial charge is 0.549 e. The zero-order valence-corrected chi connectivity index (χ0v) is 5.72. The fourth-order valence-electron chi connectivity index (χ4n) is 0.296. The van der Waals surface area contributed by atoms with Crippen molar-refractivity contribution >= 4 is 5.97 Å². The Hall–Kier alpha value is -0.860. The van der Waals surface area contributed by atoms with Crippen molar-refractivity contribution in [3.63, 3.8) is 0 Å². The van der Waals surface area contributed by atoms with Crippen molar-refractivity contribution < 1.29 is 32.8 Å². The zero-order valence-electron chi connectivity index (χ0n) is 5.72. The van der Waals surface area contributed by atoms with Crippen molar-refractivity contribution in [1.29, 1.82) is 0 Å². The molecule has 0 atom stereocenters. The number of carboxylic acids is 1. The zero-order chi connectivity index (χ0) is 9.61. The number of carboxylic acid groups (broad SMARTS) is 1. The number of hydrogen-bond acceptors (Lipinski definition) is 4. The molecule has 2 N–H and O–H groups in total. The van der Waals surface area contributed by atoms with Crippen LogP contribution in [0.25, 0.3) is 0 Å². The molecule has 0 rings (SSSR count). The lowest BCUT2D eigenvalue weighted by Gasteiger charge is -2.05. The standard InChI is InChI=1S/C4H6F3NO4/c5-4(6,7)12-11-2-8-1-3(9)10/h8H,1-2H2,(H,9,10). The van der Waals surface area contributed by atoms with E-state index in [2.05, 4.69) is 9.78 Å². The molecule has 0 aromatic carbocycles. The molecule has 0 radical (unpaired) electrons. The van der Waals surface area contributed by atoms with Gasteiger partial charge in [-0.3, -0.25) is 10.1 Å². The summed E-state index contributed by atoms with van der Waals surface area (Å²) in [5, 5.41) is 10.0. The second-order valence-corrected chi connectivity index (χ2v) is 1.61. The van der Waals surface area contributed by atoms with Crippen LogP contribution in [0.1, 0.15) is 0 Å². The highest BCUT2D eigenvalue weighted by Crippen LogP contribution is 2.15. The summed E-state index contributed by atoms with van der Waals surface area (Å²) in [5.41, 5.74) is 0. The molecule has 8 heteroatoms. The van der Waals surface area contributed by atoms with E-state index >= 15 is 0 Å². The van der Waals surface area contributed by atoms with E-state index in [1.165, 1.54) is 0 Å². The van der Waals surface area contributed by atoms with Gasteiger partial charge in [-0.15, -0.1) is 18.1 Å². The first-order valence-electron chi connectivity index (χ1n) is 2.71. The average Bonchev–Trinajstić information content (AvgIpc) is 1.83. The third-order valence-corrected chi connectivity index (χ3v) is 0.591. The minimum Gasteiger partial charge on any atom is -0.480 e. The van der Waals surface area contributed by atoms with Gasteiger partial charge in [-0.2, -0.15) is 0 Å². The Bertz CT molecular complexity index is 148. The van der Waals surface area contributed by atoms with Crippen LogP contribution in [0.5, 0.6) is 0 Å². The molecule has 72 valence electrons. The quantitative estimate of drug-likeness (QED) is 0.277. The van der Waals surface area contributed by atoms with Gasteiger partial charge in [0, 0.05) is 0 Å². The summed E-state index contributed by atoms with van der Waals surface area (Å²) in [4.78, 5) is 16.2. The van der Waals surface area contributed by atoms with Crippen molar-refractivity contribution in [2.45, 2.75) is 6.36 Å². The molecule has 0 saturated carbocycles. The van der Waals surface area contributed by atoms with E-state index in [9.17, 15) is 18.0 Å². The molecule has 0 fully saturated rings. The number of halogens is 3. The first-order valence-corrected chi connectivity index (χ1v) is 2.71. The van der Waals surface area contributed by atoms with E-state index < -0.39 is 25.6 Å². The molecule has 0 unspecified atom stereocenters. The topological polar surface area (TPSA) is 67.8 Å². The van der Waals surface area contributed by atoms with Crippen LogP contribution < -0.4 is 5.32 Å². The molecule has 0 heterocycles. The number of aliphatic carboxylic acids is 1. The van der Waals surface area contributed by atoms with Crippen LogP contribution in [0.15, 0.2) is 0 Å². The molecule has 0 aliphatic carbocycles. The Morgan fingerprint density at radius 2 is 2.08 bits per heavy atom. The second-order valence-electron chi connectivity index (χ2n) is 1.61. The van der Waals surface area contributed by atoms with Gasteiger partial charge in [-0.1, -0.05) is 0 Å². The summed E-state index contributed by atoms with van der Waals surface area (Å²) >= 11 is 0. The SMILES string of the molecule is O=C(O)CNCOOC(F)(F)F. The molecule has 5 nitrogen and oxygen atoms in total. The molecular formula is C4H6F3NO4. The maximum Gasteiger partial charge on any atom is 0.549 e. The maximum absolute atomic E-state index is 11.2. The molecular weight excluding hydrogens is 183 g/mol. The van der Waals surface area contributed by atoms with E-state index in [1.807, 2.05) is 5.32 Å². The van der Waals surface area contributed by atoms with Gasteiger partial charge in [0.2, 0.25) is 0 Å². The molecule has 0 amide bonds. The summed E-state index contributed by atoms with van der Waals surface area (Å²) < 4.78 is 33.5. The summed E-state index contributed by atoms with van der Waals surface area (Å²) in [7, 11) is 0. The van der Waals surface area contributed by atoms with Crippen LogP contribution in [0.2, 0.25) is 0 Å². The molecule has 0 saturated heterocycles. The van der Waals surface area contributed by atoms with Gasteiger partial charge in [-0.25, -0.2) is 4.89 Å². The van der Waals surface area contributed by atoms with Gasteiger partial charge >= 0.3 is 12.3 Å². The summed E-state index contributed by atoms with van der Waals surface area (Å²) in [6, 6.07) is 0. The predicted molar refractivity (Wildman–Crippen MR) is 28.7 cm³/mol. The highest BCUT2D eigenvalue weighted by molar-refractivity contribution is 5.68. The van der Waals surface area contributed by atoms with Crippen LogP contribution in [0, 0.1) is 0 Å². The Morgan fingerprint density at radius 3 is 2.50 bits per heavy atom. The van der Waals surface area contributed by atoms with Crippen LogP contribution in [0.4, 0.5) is 13.2 Å². The number of rotatable bonds is 5. The highest BCUT2D eigenvalue weighted by atomic mass is 19.4. The maximum atomic E-state index is 11.2. The first kappa shape index (κ1) is 11.1.